The standard InChI is InChI=1S/C14H18Br2O/c15-11-7-8-12(13(16)9-11)14(17)10-5-3-1-2-4-6-10/h7-10,14,17H,1-6H2. The van der Waals surface area contributed by atoms with Gasteiger partial charge in [0.05, 0.1) is 6.10 Å². The van der Waals surface area contributed by atoms with Gasteiger partial charge in [-0.3, -0.25) is 0 Å². The molecule has 0 heterocycles. The minimum absolute atomic E-state index is 0.324. The molecule has 1 unspecified atom stereocenters. The van der Waals surface area contributed by atoms with E-state index in [-0.39, 0.29) is 6.10 Å². The molecule has 0 bridgehead atoms. The number of rotatable bonds is 2. The van der Waals surface area contributed by atoms with Crippen LogP contribution in [0.2, 0.25) is 0 Å². The van der Waals surface area contributed by atoms with Gasteiger partial charge in [0.2, 0.25) is 0 Å². The molecule has 1 atom stereocenters. The molecule has 1 saturated carbocycles. The Morgan fingerprint density at radius 1 is 1.06 bits per heavy atom. The highest BCUT2D eigenvalue weighted by atomic mass is 79.9. The highest BCUT2D eigenvalue weighted by Crippen LogP contribution is 2.37. The number of aliphatic hydroxyl groups excluding tert-OH is 1. The Morgan fingerprint density at radius 3 is 2.29 bits per heavy atom. The Balaban J connectivity index is 2.14. The Kier molecular flexibility index (Phi) is 5.07. The van der Waals surface area contributed by atoms with Gasteiger partial charge >= 0.3 is 0 Å². The summed E-state index contributed by atoms with van der Waals surface area (Å²) in [6.07, 6.45) is 7.16. The number of aliphatic hydroxyl groups is 1. The molecule has 17 heavy (non-hydrogen) atoms. The molecule has 2 rings (SSSR count). The van der Waals surface area contributed by atoms with Crippen LogP contribution in [0.1, 0.15) is 50.2 Å². The van der Waals surface area contributed by atoms with Crippen molar-refractivity contribution in [3.63, 3.8) is 0 Å². The van der Waals surface area contributed by atoms with Gasteiger partial charge in [-0.2, -0.15) is 0 Å². The maximum absolute atomic E-state index is 10.5. The Labute approximate surface area is 120 Å². The van der Waals surface area contributed by atoms with Crippen molar-refractivity contribution in [2.24, 2.45) is 5.92 Å². The molecule has 0 saturated heterocycles. The third kappa shape index (κ3) is 3.55. The van der Waals surface area contributed by atoms with E-state index in [4.69, 9.17) is 0 Å². The molecule has 1 aliphatic carbocycles. The van der Waals surface area contributed by atoms with Crippen molar-refractivity contribution in [3.05, 3.63) is 32.7 Å². The van der Waals surface area contributed by atoms with Gasteiger partial charge in [0.1, 0.15) is 0 Å². The van der Waals surface area contributed by atoms with Crippen molar-refractivity contribution in [1.29, 1.82) is 0 Å². The molecule has 0 radical (unpaired) electrons. The predicted molar refractivity (Wildman–Crippen MR) is 78.0 cm³/mol. The summed E-state index contributed by atoms with van der Waals surface area (Å²) in [6, 6.07) is 6.03. The fourth-order valence-electron chi connectivity index (χ4n) is 2.62. The van der Waals surface area contributed by atoms with E-state index in [0.29, 0.717) is 5.92 Å². The lowest BCUT2D eigenvalue weighted by atomic mass is 9.89. The molecule has 94 valence electrons. The van der Waals surface area contributed by atoms with Crippen LogP contribution in [0.25, 0.3) is 0 Å². The monoisotopic (exact) mass is 360 g/mol. The van der Waals surface area contributed by atoms with Crippen LogP contribution >= 0.6 is 31.9 Å². The van der Waals surface area contributed by atoms with E-state index in [0.717, 1.165) is 27.4 Å². The molecule has 1 nitrogen and oxygen atoms in total. The fourth-order valence-corrected chi connectivity index (χ4v) is 3.90. The van der Waals surface area contributed by atoms with Crippen LogP contribution in [0.15, 0.2) is 27.1 Å². The van der Waals surface area contributed by atoms with E-state index < -0.39 is 0 Å². The van der Waals surface area contributed by atoms with Crippen molar-refractivity contribution < 1.29 is 5.11 Å². The average molecular weight is 362 g/mol. The highest BCUT2D eigenvalue weighted by Gasteiger charge is 2.23. The third-order valence-corrected chi connectivity index (χ3v) is 4.81. The highest BCUT2D eigenvalue weighted by molar-refractivity contribution is 9.11. The quantitative estimate of drug-likeness (QED) is 0.716. The van der Waals surface area contributed by atoms with Gasteiger partial charge in [0.15, 0.2) is 0 Å². The largest absolute Gasteiger partial charge is 0.388 e. The van der Waals surface area contributed by atoms with Crippen molar-refractivity contribution in [2.75, 3.05) is 0 Å². The molecule has 1 aromatic carbocycles. The molecule has 0 aliphatic heterocycles. The number of halogens is 2. The van der Waals surface area contributed by atoms with Crippen LogP contribution in [0.5, 0.6) is 0 Å². The molecule has 0 amide bonds. The normalized spacial score (nSPS) is 19.9. The van der Waals surface area contributed by atoms with E-state index in [1.165, 1.54) is 25.7 Å². The molecule has 0 aromatic heterocycles. The summed E-state index contributed by atoms with van der Waals surface area (Å²) in [5.41, 5.74) is 1.03. The first kappa shape index (κ1) is 13.6. The second kappa shape index (κ2) is 6.35. The smallest absolute Gasteiger partial charge is 0.0829 e. The number of hydrogen-bond acceptors (Lipinski definition) is 1. The van der Waals surface area contributed by atoms with E-state index in [9.17, 15) is 5.11 Å². The van der Waals surface area contributed by atoms with Crippen LogP contribution < -0.4 is 0 Å². The Morgan fingerprint density at radius 2 is 1.71 bits per heavy atom. The van der Waals surface area contributed by atoms with Gasteiger partial charge in [-0.15, -0.1) is 0 Å². The van der Waals surface area contributed by atoms with Gasteiger partial charge in [-0.25, -0.2) is 0 Å². The number of benzene rings is 1. The van der Waals surface area contributed by atoms with Gasteiger partial charge in [-0.1, -0.05) is 63.6 Å². The lowest BCUT2D eigenvalue weighted by molar-refractivity contribution is 0.0981. The lowest BCUT2D eigenvalue weighted by Crippen LogP contribution is -2.12. The molecular formula is C14H18Br2O. The summed E-state index contributed by atoms with van der Waals surface area (Å²) < 4.78 is 2.05. The first-order valence-corrected chi connectivity index (χ1v) is 7.90. The first-order chi connectivity index (χ1) is 8.18. The van der Waals surface area contributed by atoms with Crippen molar-refractivity contribution in [2.45, 2.75) is 44.6 Å². The maximum atomic E-state index is 10.5. The molecule has 3 heteroatoms. The second-order valence-electron chi connectivity index (χ2n) is 4.86. The summed E-state index contributed by atoms with van der Waals surface area (Å²) in [4.78, 5) is 0. The first-order valence-electron chi connectivity index (χ1n) is 6.31. The summed E-state index contributed by atoms with van der Waals surface area (Å²) in [5.74, 6) is 0.426. The van der Waals surface area contributed by atoms with Gasteiger partial charge < -0.3 is 5.11 Å². The molecule has 1 aliphatic rings. The van der Waals surface area contributed by atoms with Crippen LogP contribution in [0.3, 0.4) is 0 Å². The molecule has 0 spiro atoms. The van der Waals surface area contributed by atoms with Crippen molar-refractivity contribution in [1.82, 2.24) is 0 Å². The van der Waals surface area contributed by atoms with E-state index in [1.807, 2.05) is 18.2 Å². The second-order valence-corrected chi connectivity index (χ2v) is 6.63. The molecule has 1 N–H and O–H groups in total. The van der Waals surface area contributed by atoms with Crippen molar-refractivity contribution in [3.8, 4) is 0 Å². The summed E-state index contributed by atoms with van der Waals surface area (Å²) in [5, 5.41) is 10.5. The lowest BCUT2D eigenvalue weighted by Gasteiger charge is -2.22. The van der Waals surface area contributed by atoms with E-state index in [2.05, 4.69) is 31.9 Å². The zero-order chi connectivity index (χ0) is 12.3. The van der Waals surface area contributed by atoms with Crippen LogP contribution in [-0.2, 0) is 0 Å². The summed E-state index contributed by atoms with van der Waals surface area (Å²) in [7, 11) is 0. The van der Waals surface area contributed by atoms with Gasteiger partial charge in [0, 0.05) is 8.95 Å². The SMILES string of the molecule is OC(c1ccc(Br)cc1Br)C1CCCCCC1. The van der Waals surface area contributed by atoms with E-state index in [1.54, 1.807) is 0 Å². The van der Waals surface area contributed by atoms with Gasteiger partial charge in [0.25, 0.3) is 0 Å². The van der Waals surface area contributed by atoms with Gasteiger partial charge in [-0.05, 0) is 36.5 Å². The average Bonchev–Trinajstić information content (AvgIpc) is 2.56. The zero-order valence-corrected chi connectivity index (χ0v) is 13.0. The molecule has 1 aromatic rings. The minimum atomic E-state index is -0.324. The Bertz CT molecular complexity index is 370. The Hall–Kier alpha value is 0.140. The molecule has 1 fully saturated rings. The van der Waals surface area contributed by atoms with Crippen molar-refractivity contribution >= 4 is 31.9 Å². The van der Waals surface area contributed by atoms with Crippen LogP contribution in [-0.4, -0.2) is 5.11 Å². The third-order valence-electron chi connectivity index (χ3n) is 3.63. The van der Waals surface area contributed by atoms with E-state index >= 15 is 0 Å². The summed E-state index contributed by atoms with van der Waals surface area (Å²) in [6.45, 7) is 0. The van der Waals surface area contributed by atoms with Crippen LogP contribution in [0, 0.1) is 5.92 Å². The molecular weight excluding hydrogens is 344 g/mol. The number of hydrogen-bond donors (Lipinski definition) is 1. The summed E-state index contributed by atoms with van der Waals surface area (Å²) >= 11 is 6.99. The predicted octanol–water partition coefficient (Wildman–Crippen LogP) is 5.22. The topological polar surface area (TPSA) is 20.2 Å². The fraction of sp³-hybridized carbons (Fsp3) is 0.571. The minimum Gasteiger partial charge on any atom is -0.388 e. The van der Waals surface area contributed by atoms with Crippen LogP contribution in [0.4, 0.5) is 0 Å². The maximum Gasteiger partial charge on any atom is 0.0829 e. The zero-order valence-electron chi connectivity index (χ0n) is 9.83.